The van der Waals surface area contributed by atoms with Gasteiger partial charge in [0.25, 0.3) is 0 Å². The first kappa shape index (κ1) is 23.4. The van der Waals surface area contributed by atoms with E-state index in [4.69, 9.17) is 18.9 Å². The molecule has 1 aliphatic rings. The van der Waals surface area contributed by atoms with Crippen LogP contribution in [0.25, 0.3) is 0 Å². The van der Waals surface area contributed by atoms with Crippen LogP contribution in [-0.2, 0) is 16.0 Å². The monoisotopic (exact) mass is 442 g/mol. The lowest BCUT2D eigenvalue weighted by Gasteiger charge is -2.26. The lowest BCUT2D eigenvalue weighted by molar-refractivity contribution is 0.0349. The van der Waals surface area contributed by atoms with E-state index in [1.54, 1.807) is 38.7 Å². The summed E-state index contributed by atoms with van der Waals surface area (Å²) in [6, 6.07) is 6.79. The van der Waals surface area contributed by atoms with Crippen molar-refractivity contribution in [3.8, 4) is 35.1 Å². The Morgan fingerprint density at radius 1 is 1.12 bits per heavy atom. The summed E-state index contributed by atoms with van der Waals surface area (Å²) in [7, 11) is 3.13. The molecule has 8 heteroatoms. The first-order valence-corrected chi connectivity index (χ1v) is 10.5. The molecule has 1 fully saturated rings. The minimum Gasteiger partial charge on any atom is -0.500 e. The van der Waals surface area contributed by atoms with Crippen molar-refractivity contribution < 1.29 is 29.2 Å². The number of morpholine rings is 1. The summed E-state index contributed by atoms with van der Waals surface area (Å²) in [4.78, 5) is 2.36. The highest BCUT2D eigenvalue weighted by atomic mass is 16.5. The van der Waals surface area contributed by atoms with Gasteiger partial charge >= 0.3 is 0 Å². The number of hydrogen-bond donors (Lipinski definition) is 2. The summed E-state index contributed by atoms with van der Waals surface area (Å²) in [5, 5.41) is 20.8. The molecule has 2 N–H and O–H groups in total. The van der Waals surface area contributed by atoms with E-state index in [9.17, 15) is 10.2 Å². The third kappa shape index (κ3) is 6.36. The summed E-state index contributed by atoms with van der Waals surface area (Å²) < 4.78 is 22.7. The standard InChI is InChI=1S/C24H30N2O6/c1-29-21-8-7-20(22(17-21)30-2)18-26-23(27)16-19(24(26)28)6-3-4-12-31-13-5-9-25-10-14-32-15-11-25/h4,7-8,12,16-17,27-28H,5,9-11,13-15,18H2,1-2H3. The van der Waals surface area contributed by atoms with E-state index in [1.165, 1.54) is 10.6 Å². The van der Waals surface area contributed by atoms with Gasteiger partial charge in [0.2, 0.25) is 5.88 Å². The van der Waals surface area contributed by atoms with Crippen molar-refractivity contribution in [3.05, 3.63) is 47.7 Å². The zero-order valence-corrected chi connectivity index (χ0v) is 18.5. The number of aromatic nitrogens is 1. The molecule has 1 saturated heterocycles. The molecule has 32 heavy (non-hydrogen) atoms. The van der Waals surface area contributed by atoms with Gasteiger partial charge in [0.1, 0.15) is 11.5 Å². The Hall–Kier alpha value is -3.28. The van der Waals surface area contributed by atoms with Crippen LogP contribution >= 0.6 is 0 Å². The van der Waals surface area contributed by atoms with E-state index in [2.05, 4.69) is 16.7 Å². The summed E-state index contributed by atoms with van der Waals surface area (Å²) in [6.07, 6.45) is 4.06. The van der Waals surface area contributed by atoms with E-state index in [0.717, 1.165) is 44.8 Å². The molecule has 0 spiro atoms. The van der Waals surface area contributed by atoms with Crippen molar-refractivity contribution in [2.24, 2.45) is 0 Å². The maximum Gasteiger partial charge on any atom is 0.210 e. The Labute approximate surface area is 188 Å². The number of methoxy groups -OCH3 is 2. The summed E-state index contributed by atoms with van der Waals surface area (Å²) >= 11 is 0. The first-order valence-electron chi connectivity index (χ1n) is 10.5. The second kappa shape index (κ2) is 11.9. The molecule has 0 bridgehead atoms. The minimum atomic E-state index is -0.118. The molecule has 2 aromatic rings. The van der Waals surface area contributed by atoms with E-state index >= 15 is 0 Å². The number of allylic oxidation sites excluding steroid dienone is 1. The zero-order chi connectivity index (χ0) is 22.8. The van der Waals surface area contributed by atoms with Gasteiger partial charge in [0.15, 0.2) is 5.88 Å². The van der Waals surface area contributed by atoms with Gasteiger partial charge in [-0.15, -0.1) is 0 Å². The summed E-state index contributed by atoms with van der Waals surface area (Å²) in [5.74, 6) is 6.69. The molecule has 172 valence electrons. The van der Waals surface area contributed by atoms with Crippen molar-refractivity contribution in [2.45, 2.75) is 13.0 Å². The fraction of sp³-hybridized carbons (Fsp3) is 0.417. The fourth-order valence-electron chi connectivity index (χ4n) is 3.39. The second-order valence-electron chi connectivity index (χ2n) is 7.25. The van der Waals surface area contributed by atoms with Gasteiger partial charge in [0, 0.05) is 43.4 Å². The van der Waals surface area contributed by atoms with Crippen LogP contribution in [0.15, 0.2) is 36.6 Å². The molecule has 1 aromatic carbocycles. The number of rotatable bonds is 9. The topological polar surface area (TPSA) is 85.6 Å². The Morgan fingerprint density at radius 3 is 2.69 bits per heavy atom. The number of nitrogens with zero attached hydrogens (tertiary/aromatic N) is 2. The molecule has 8 nitrogen and oxygen atoms in total. The van der Waals surface area contributed by atoms with Gasteiger partial charge in [-0.05, 0) is 18.6 Å². The van der Waals surface area contributed by atoms with Crippen molar-refractivity contribution in [2.75, 3.05) is 53.7 Å². The van der Waals surface area contributed by atoms with E-state index < -0.39 is 0 Å². The molecular weight excluding hydrogens is 412 g/mol. The Morgan fingerprint density at radius 2 is 1.94 bits per heavy atom. The van der Waals surface area contributed by atoms with Crippen molar-refractivity contribution in [3.63, 3.8) is 0 Å². The fourth-order valence-corrected chi connectivity index (χ4v) is 3.39. The molecule has 0 unspecified atom stereocenters. The van der Waals surface area contributed by atoms with Gasteiger partial charge in [-0.3, -0.25) is 9.47 Å². The average Bonchev–Trinajstić information content (AvgIpc) is 3.09. The second-order valence-corrected chi connectivity index (χ2v) is 7.25. The summed E-state index contributed by atoms with van der Waals surface area (Å²) in [5.41, 5.74) is 1.10. The van der Waals surface area contributed by atoms with Crippen LogP contribution in [0.2, 0.25) is 0 Å². The Balaban J connectivity index is 1.53. The normalized spacial score (nSPS) is 14.2. The molecular formula is C24H30N2O6. The van der Waals surface area contributed by atoms with Crippen LogP contribution in [-0.4, -0.2) is 73.4 Å². The third-order valence-electron chi connectivity index (χ3n) is 5.16. The van der Waals surface area contributed by atoms with Crippen LogP contribution in [0, 0.1) is 11.8 Å². The number of aromatic hydroxyl groups is 2. The van der Waals surface area contributed by atoms with E-state index in [0.29, 0.717) is 23.7 Å². The Kier molecular flexibility index (Phi) is 8.72. The molecule has 0 radical (unpaired) electrons. The van der Waals surface area contributed by atoms with Crippen LogP contribution < -0.4 is 9.47 Å². The maximum atomic E-state index is 10.5. The molecule has 0 atom stereocenters. The number of hydrogen-bond acceptors (Lipinski definition) is 7. The molecule has 0 aliphatic carbocycles. The molecule has 3 rings (SSSR count). The average molecular weight is 443 g/mol. The molecule has 1 aromatic heterocycles. The SMILES string of the molecule is COc1ccc(Cn2c(O)cc(C#CC=COCCCN3CCOCC3)c2O)c(OC)c1. The van der Waals surface area contributed by atoms with Crippen molar-refractivity contribution >= 4 is 0 Å². The molecule has 0 amide bonds. The molecule has 2 heterocycles. The third-order valence-corrected chi connectivity index (χ3v) is 5.16. The van der Waals surface area contributed by atoms with Crippen LogP contribution in [0.3, 0.4) is 0 Å². The predicted octanol–water partition coefficient (Wildman–Crippen LogP) is 2.57. The van der Waals surface area contributed by atoms with Gasteiger partial charge in [-0.2, -0.15) is 0 Å². The largest absolute Gasteiger partial charge is 0.500 e. The number of ether oxygens (including phenoxy) is 4. The molecule has 0 saturated carbocycles. The highest BCUT2D eigenvalue weighted by Gasteiger charge is 2.15. The minimum absolute atomic E-state index is 0.0898. The van der Waals surface area contributed by atoms with Crippen LogP contribution in [0.5, 0.6) is 23.3 Å². The highest BCUT2D eigenvalue weighted by molar-refractivity contribution is 5.49. The quantitative estimate of drug-likeness (QED) is 0.351. The van der Waals surface area contributed by atoms with E-state index in [1.807, 2.05) is 6.07 Å². The summed E-state index contributed by atoms with van der Waals surface area (Å²) in [6.45, 7) is 5.37. The van der Waals surface area contributed by atoms with E-state index in [-0.39, 0.29) is 18.3 Å². The van der Waals surface area contributed by atoms with Gasteiger partial charge in [-0.1, -0.05) is 11.8 Å². The lowest BCUT2D eigenvalue weighted by Crippen LogP contribution is -2.37. The van der Waals surface area contributed by atoms with Crippen molar-refractivity contribution in [1.29, 1.82) is 0 Å². The molecule has 1 aliphatic heterocycles. The van der Waals surface area contributed by atoms with Gasteiger partial charge in [-0.25, -0.2) is 0 Å². The smallest absolute Gasteiger partial charge is 0.210 e. The first-order chi connectivity index (χ1) is 15.6. The maximum absolute atomic E-state index is 10.5. The van der Waals surface area contributed by atoms with Gasteiger partial charge in [0.05, 0.1) is 52.4 Å². The Bertz CT molecular complexity index is 967. The zero-order valence-electron chi connectivity index (χ0n) is 18.5. The van der Waals surface area contributed by atoms with Gasteiger partial charge < -0.3 is 29.2 Å². The van der Waals surface area contributed by atoms with Crippen LogP contribution in [0.1, 0.15) is 17.5 Å². The number of benzene rings is 1. The predicted molar refractivity (Wildman–Crippen MR) is 120 cm³/mol. The van der Waals surface area contributed by atoms with Crippen LogP contribution in [0.4, 0.5) is 0 Å². The van der Waals surface area contributed by atoms with Crippen molar-refractivity contribution in [1.82, 2.24) is 9.47 Å². The highest BCUT2D eigenvalue weighted by Crippen LogP contribution is 2.31. The lowest BCUT2D eigenvalue weighted by atomic mass is 10.2.